The van der Waals surface area contributed by atoms with Crippen molar-refractivity contribution in [3.05, 3.63) is 170 Å². The molecular formula is C41H26IrN4S-2. The van der Waals surface area contributed by atoms with Gasteiger partial charge in [0.25, 0.3) is 0 Å². The molecule has 4 heterocycles. The summed E-state index contributed by atoms with van der Waals surface area (Å²) in [6.45, 7) is 0. The summed E-state index contributed by atoms with van der Waals surface area (Å²) in [5.41, 5.74) is 7.94. The topological polar surface area (TPSA) is 43.6 Å². The number of hydrogen-bond donors (Lipinski definition) is 0. The molecule has 0 aliphatic carbocycles. The Balaban J connectivity index is 0.000000228. The number of benzene rings is 5. The summed E-state index contributed by atoms with van der Waals surface area (Å²) < 4.78 is 4.62. The quantitative estimate of drug-likeness (QED) is 0.167. The van der Waals surface area contributed by atoms with E-state index in [-0.39, 0.29) is 20.1 Å². The van der Waals surface area contributed by atoms with Crippen LogP contribution in [0.15, 0.2) is 158 Å². The molecule has 9 aromatic rings. The van der Waals surface area contributed by atoms with Crippen LogP contribution in [0.5, 0.6) is 0 Å². The second-order valence-electron chi connectivity index (χ2n) is 10.7. The molecule has 1 radical (unpaired) electrons. The maximum atomic E-state index is 5.14. The molecule has 6 heteroatoms. The first-order valence-electron chi connectivity index (χ1n) is 15.0. The van der Waals surface area contributed by atoms with Gasteiger partial charge >= 0.3 is 0 Å². The third kappa shape index (κ3) is 6.02. The standard InChI is InChI=1S/C30H18N3S.C11H8N.Ir/c1-3-10-20(11-4-1)21-18-26-30(31-19-21)33(22-12-5-2-6-13-22)29(32-26)25-16-9-15-24-23-14-7-8-17-27(23)34-28(24)25;1-2-6-10(7-3-1)11-8-4-5-9-12-11;/h1-15,17-19H;1-6,8-9H;/q2*-1;. The molecule has 9 rings (SSSR count). The summed E-state index contributed by atoms with van der Waals surface area (Å²) in [4.78, 5) is 14.3. The SMILES string of the molecule is [Ir].[c-]1ccc2c(sc3ccccc32)c1-c1nc2cc(-c3ccccc3)cnc2n1-c1ccccc1.[c-]1ccccc1-c1ccccn1. The second kappa shape index (κ2) is 13.6. The molecule has 0 aliphatic heterocycles. The maximum Gasteiger partial charge on any atom is 0.155 e. The van der Waals surface area contributed by atoms with Crippen molar-refractivity contribution in [2.75, 3.05) is 0 Å². The summed E-state index contributed by atoms with van der Waals surface area (Å²) in [6, 6.07) is 55.8. The average molecular weight is 799 g/mol. The minimum absolute atomic E-state index is 0. The molecule has 0 N–H and O–H groups in total. The number of thiophene rings is 1. The van der Waals surface area contributed by atoms with Crippen LogP contribution in [0.25, 0.3) is 70.8 Å². The third-order valence-corrected chi connectivity index (χ3v) is 9.03. The Morgan fingerprint density at radius 3 is 2.17 bits per heavy atom. The van der Waals surface area contributed by atoms with Crippen LogP contribution in [0.2, 0.25) is 0 Å². The fourth-order valence-electron chi connectivity index (χ4n) is 5.67. The van der Waals surface area contributed by atoms with Crippen molar-refractivity contribution >= 4 is 42.7 Å². The van der Waals surface area contributed by atoms with Gasteiger partial charge in [-0.3, -0.25) is 4.98 Å². The van der Waals surface area contributed by atoms with Gasteiger partial charge in [-0.1, -0.05) is 89.8 Å². The Kier molecular flexibility index (Phi) is 8.81. The molecule has 47 heavy (non-hydrogen) atoms. The van der Waals surface area contributed by atoms with E-state index in [1.165, 1.54) is 20.2 Å². The van der Waals surface area contributed by atoms with E-state index < -0.39 is 0 Å². The van der Waals surface area contributed by atoms with E-state index in [2.05, 4.69) is 82.3 Å². The van der Waals surface area contributed by atoms with Gasteiger partial charge in [-0.25, -0.2) is 4.98 Å². The molecule has 0 spiro atoms. The minimum Gasteiger partial charge on any atom is -0.318 e. The van der Waals surface area contributed by atoms with E-state index >= 15 is 0 Å². The minimum atomic E-state index is 0. The van der Waals surface area contributed by atoms with Crippen LogP contribution in [-0.4, -0.2) is 19.5 Å². The number of pyridine rings is 2. The van der Waals surface area contributed by atoms with Gasteiger partial charge in [0.1, 0.15) is 0 Å². The number of nitrogens with zero attached hydrogens (tertiary/aromatic N) is 4. The molecule has 0 unspecified atom stereocenters. The van der Waals surface area contributed by atoms with Crippen molar-refractivity contribution in [3.8, 4) is 39.5 Å². The van der Waals surface area contributed by atoms with Crippen LogP contribution in [-0.2, 0) is 20.1 Å². The third-order valence-electron chi connectivity index (χ3n) is 7.83. The van der Waals surface area contributed by atoms with Gasteiger partial charge in [0.15, 0.2) is 5.65 Å². The van der Waals surface area contributed by atoms with Crippen molar-refractivity contribution in [3.63, 3.8) is 0 Å². The molecule has 5 aromatic carbocycles. The van der Waals surface area contributed by atoms with Crippen molar-refractivity contribution in [1.82, 2.24) is 19.5 Å². The zero-order chi connectivity index (χ0) is 30.7. The Hall–Kier alpha value is -5.26. The fraction of sp³-hybridized carbons (Fsp3) is 0. The molecule has 0 aliphatic rings. The maximum absolute atomic E-state index is 5.14. The van der Waals surface area contributed by atoms with Crippen LogP contribution >= 0.6 is 11.3 Å². The summed E-state index contributed by atoms with van der Waals surface area (Å²) in [5.74, 6) is 0.857. The van der Waals surface area contributed by atoms with E-state index in [1.54, 1.807) is 17.5 Å². The zero-order valence-corrected chi connectivity index (χ0v) is 28.3. The van der Waals surface area contributed by atoms with Gasteiger partial charge in [-0.2, -0.15) is 11.3 Å². The number of fused-ring (bicyclic) bond motifs is 4. The first kappa shape index (κ1) is 30.4. The first-order valence-corrected chi connectivity index (χ1v) is 15.8. The van der Waals surface area contributed by atoms with E-state index in [0.717, 1.165) is 50.6 Å². The van der Waals surface area contributed by atoms with Gasteiger partial charge in [0, 0.05) is 48.4 Å². The van der Waals surface area contributed by atoms with Gasteiger partial charge in [-0.05, 0) is 51.7 Å². The molecule has 0 bridgehead atoms. The number of imidazole rings is 1. The molecular weight excluding hydrogens is 773 g/mol. The van der Waals surface area contributed by atoms with Crippen molar-refractivity contribution in [1.29, 1.82) is 0 Å². The summed E-state index contributed by atoms with van der Waals surface area (Å²) in [5, 5.41) is 2.50. The van der Waals surface area contributed by atoms with Crippen LogP contribution in [0.4, 0.5) is 0 Å². The van der Waals surface area contributed by atoms with E-state index in [9.17, 15) is 0 Å². The van der Waals surface area contributed by atoms with Crippen LogP contribution in [0.1, 0.15) is 0 Å². The normalized spacial score (nSPS) is 10.8. The largest absolute Gasteiger partial charge is 0.318 e. The first-order chi connectivity index (χ1) is 22.8. The molecule has 0 fully saturated rings. The fourth-order valence-corrected chi connectivity index (χ4v) is 6.87. The molecule has 0 atom stereocenters. The molecule has 4 aromatic heterocycles. The molecule has 0 saturated heterocycles. The zero-order valence-electron chi connectivity index (χ0n) is 25.0. The van der Waals surface area contributed by atoms with Crippen LogP contribution < -0.4 is 0 Å². The van der Waals surface area contributed by atoms with Crippen LogP contribution in [0, 0.1) is 12.1 Å². The van der Waals surface area contributed by atoms with Crippen molar-refractivity contribution in [2.24, 2.45) is 0 Å². The van der Waals surface area contributed by atoms with Crippen molar-refractivity contribution in [2.45, 2.75) is 0 Å². The molecule has 227 valence electrons. The summed E-state index contributed by atoms with van der Waals surface area (Å²) in [7, 11) is 0. The molecule has 0 amide bonds. The van der Waals surface area contributed by atoms with Crippen molar-refractivity contribution < 1.29 is 20.1 Å². The van der Waals surface area contributed by atoms with E-state index in [4.69, 9.17) is 9.97 Å². The number of aromatic nitrogens is 4. The Morgan fingerprint density at radius 1 is 0.617 bits per heavy atom. The number of rotatable bonds is 4. The number of para-hydroxylation sites is 1. The predicted molar refractivity (Wildman–Crippen MR) is 190 cm³/mol. The average Bonchev–Trinajstić information content (AvgIpc) is 3.72. The summed E-state index contributed by atoms with van der Waals surface area (Å²) in [6.07, 6.45) is 3.72. The van der Waals surface area contributed by atoms with Gasteiger partial charge in [-0.15, -0.1) is 54.1 Å². The summed E-state index contributed by atoms with van der Waals surface area (Å²) >= 11 is 1.79. The number of hydrogen-bond acceptors (Lipinski definition) is 4. The van der Waals surface area contributed by atoms with E-state index in [0.29, 0.717) is 0 Å². The Labute approximate surface area is 290 Å². The predicted octanol–water partition coefficient (Wildman–Crippen LogP) is 10.5. The second-order valence-corrected chi connectivity index (χ2v) is 11.8. The van der Waals surface area contributed by atoms with Gasteiger partial charge in [0.05, 0.1) is 11.3 Å². The monoisotopic (exact) mass is 799 g/mol. The Bertz CT molecular complexity index is 2370. The molecule has 0 saturated carbocycles. The Morgan fingerprint density at radius 2 is 1.38 bits per heavy atom. The van der Waals surface area contributed by atoms with Gasteiger partial charge in [0.2, 0.25) is 0 Å². The van der Waals surface area contributed by atoms with E-state index in [1.807, 2.05) is 91.1 Å². The molecule has 4 nitrogen and oxygen atoms in total. The van der Waals surface area contributed by atoms with Gasteiger partial charge < -0.3 is 9.55 Å². The van der Waals surface area contributed by atoms with Crippen LogP contribution in [0.3, 0.4) is 0 Å². The smallest absolute Gasteiger partial charge is 0.155 e.